The Balaban J connectivity index is 2.37. The van der Waals surface area contributed by atoms with Gasteiger partial charge in [0.2, 0.25) is 0 Å². The smallest absolute Gasteiger partial charge is 0.396 e. The lowest BCUT2D eigenvalue weighted by Crippen LogP contribution is -2.24. The van der Waals surface area contributed by atoms with E-state index >= 15 is 0 Å². The molecule has 1 aliphatic rings. The number of esters is 2. The van der Waals surface area contributed by atoms with Gasteiger partial charge in [0, 0.05) is 4.88 Å². The molecule has 0 fully saturated rings. The maximum absolute atomic E-state index is 12.2. The van der Waals surface area contributed by atoms with Crippen LogP contribution < -0.4 is 5.32 Å². The number of nitrogens with one attached hydrogen (secondary N) is 1. The van der Waals surface area contributed by atoms with E-state index in [0.717, 1.165) is 36.8 Å². The van der Waals surface area contributed by atoms with Crippen molar-refractivity contribution in [1.82, 2.24) is 0 Å². The molecule has 0 aliphatic heterocycles. The van der Waals surface area contributed by atoms with Crippen LogP contribution in [0.5, 0.6) is 0 Å². The molecule has 1 atom stereocenters. The quantitative estimate of drug-likeness (QED) is 0.680. The van der Waals surface area contributed by atoms with Crippen LogP contribution in [0, 0.1) is 5.92 Å². The van der Waals surface area contributed by atoms with E-state index in [-0.39, 0.29) is 6.61 Å². The lowest BCUT2D eigenvalue weighted by atomic mass is 9.88. The van der Waals surface area contributed by atoms with Crippen molar-refractivity contribution < 1.29 is 23.9 Å². The molecule has 0 spiro atoms. The van der Waals surface area contributed by atoms with Gasteiger partial charge in [-0.25, -0.2) is 9.59 Å². The Labute approximate surface area is 132 Å². The van der Waals surface area contributed by atoms with Crippen molar-refractivity contribution in [2.75, 3.05) is 19.0 Å². The van der Waals surface area contributed by atoms with Crippen molar-refractivity contribution >= 4 is 34.2 Å². The first-order valence-electron chi connectivity index (χ1n) is 7.18. The van der Waals surface area contributed by atoms with Gasteiger partial charge in [0.25, 0.3) is 0 Å². The summed E-state index contributed by atoms with van der Waals surface area (Å²) in [5.41, 5.74) is 1.31. The van der Waals surface area contributed by atoms with Crippen molar-refractivity contribution in [3.63, 3.8) is 0 Å². The van der Waals surface area contributed by atoms with Crippen molar-refractivity contribution in [1.29, 1.82) is 0 Å². The molecule has 1 heterocycles. The molecule has 120 valence electrons. The first kappa shape index (κ1) is 16.5. The monoisotopic (exact) mass is 325 g/mol. The van der Waals surface area contributed by atoms with Gasteiger partial charge in [0.15, 0.2) is 0 Å². The van der Waals surface area contributed by atoms with E-state index in [4.69, 9.17) is 4.74 Å². The van der Waals surface area contributed by atoms with Crippen LogP contribution in [0.25, 0.3) is 0 Å². The highest BCUT2D eigenvalue weighted by molar-refractivity contribution is 7.17. The summed E-state index contributed by atoms with van der Waals surface area (Å²) in [5, 5.41) is 2.85. The van der Waals surface area contributed by atoms with Crippen LogP contribution in [-0.4, -0.2) is 31.6 Å². The van der Waals surface area contributed by atoms with Gasteiger partial charge in [0.05, 0.1) is 19.3 Å². The van der Waals surface area contributed by atoms with Crippen molar-refractivity contribution in [3.05, 3.63) is 16.0 Å². The van der Waals surface area contributed by atoms with Crippen LogP contribution in [-0.2, 0) is 31.9 Å². The number of fused-ring (bicyclic) bond motifs is 1. The number of amides is 1. The van der Waals surface area contributed by atoms with Crippen molar-refractivity contribution in [2.24, 2.45) is 5.92 Å². The first-order chi connectivity index (χ1) is 10.5. The molecule has 0 aromatic carbocycles. The zero-order chi connectivity index (χ0) is 16.3. The molecular weight excluding hydrogens is 306 g/mol. The number of hydrogen-bond acceptors (Lipinski definition) is 6. The van der Waals surface area contributed by atoms with E-state index < -0.39 is 17.8 Å². The van der Waals surface area contributed by atoms with Gasteiger partial charge in [-0.2, -0.15) is 0 Å². The number of carbonyl (C=O) groups is 3. The van der Waals surface area contributed by atoms with E-state index in [9.17, 15) is 14.4 Å². The fraction of sp³-hybridized carbons (Fsp3) is 0.533. The minimum atomic E-state index is -0.991. The summed E-state index contributed by atoms with van der Waals surface area (Å²) >= 11 is 1.34. The summed E-state index contributed by atoms with van der Waals surface area (Å²) in [6, 6.07) is 0. The zero-order valence-electron chi connectivity index (χ0n) is 12.9. The third-order valence-corrected chi connectivity index (χ3v) is 4.76. The molecule has 0 bridgehead atoms. The molecule has 1 N–H and O–H groups in total. The Kier molecular flexibility index (Phi) is 5.18. The lowest BCUT2D eigenvalue weighted by molar-refractivity contribution is -0.150. The molecular formula is C15H19NO5S. The van der Waals surface area contributed by atoms with Gasteiger partial charge < -0.3 is 14.8 Å². The normalized spacial score (nSPS) is 16.6. The van der Waals surface area contributed by atoms with Crippen LogP contribution in [0.3, 0.4) is 0 Å². The highest BCUT2D eigenvalue weighted by Gasteiger charge is 2.30. The number of methoxy groups -OCH3 is 1. The van der Waals surface area contributed by atoms with Crippen LogP contribution in [0.2, 0.25) is 0 Å². The number of carbonyl (C=O) groups excluding carboxylic acids is 3. The van der Waals surface area contributed by atoms with Gasteiger partial charge >= 0.3 is 17.8 Å². The molecule has 0 saturated heterocycles. The molecule has 0 radical (unpaired) electrons. The molecule has 0 unspecified atom stereocenters. The Morgan fingerprint density at radius 1 is 1.36 bits per heavy atom. The Morgan fingerprint density at radius 2 is 2.09 bits per heavy atom. The second-order valence-corrected chi connectivity index (χ2v) is 6.33. The standard InChI is InChI=1S/C15H19NO5S/c1-4-21-14(18)11-9-6-5-8(2)7-10(9)22-13(11)16-12(17)15(19)20-3/h8H,4-7H2,1-3H3,(H,16,17)/t8-/m0/s1. The zero-order valence-corrected chi connectivity index (χ0v) is 13.7. The van der Waals surface area contributed by atoms with Crippen LogP contribution in [0.4, 0.5) is 5.00 Å². The van der Waals surface area contributed by atoms with Gasteiger partial charge in [-0.05, 0) is 37.7 Å². The predicted octanol–water partition coefficient (Wildman–Crippen LogP) is 2.16. The first-order valence-corrected chi connectivity index (χ1v) is 8.00. The van der Waals surface area contributed by atoms with Gasteiger partial charge in [-0.1, -0.05) is 6.92 Å². The second kappa shape index (κ2) is 6.91. The maximum atomic E-state index is 12.2. The average Bonchev–Trinajstić information content (AvgIpc) is 2.83. The van der Waals surface area contributed by atoms with E-state index in [1.54, 1.807) is 6.92 Å². The summed E-state index contributed by atoms with van der Waals surface area (Å²) in [5.74, 6) is -1.81. The maximum Gasteiger partial charge on any atom is 0.396 e. The molecule has 1 aliphatic carbocycles. The van der Waals surface area contributed by atoms with Gasteiger partial charge in [-0.15, -0.1) is 11.3 Å². The minimum absolute atomic E-state index is 0.254. The number of thiophene rings is 1. The second-order valence-electron chi connectivity index (χ2n) is 5.22. The van der Waals surface area contributed by atoms with E-state index in [1.165, 1.54) is 11.3 Å². The SMILES string of the molecule is CCOC(=O)c1c(NC(=O)C(=O)OC)sc2c1CC[C@H](C)C2. The molecule has 7 heteroatoms. The number of rotatable bonds is 3. The van der Waals surface area contributed by atoms with Crippen LogP contribution in [0.1, 0.15) is 41.1 Å². The molecule has 1 aromatic heterocycles. The molecule has 22 heavy (non-hydrogen) atoms. The van der Waals surface area contributed by atoms with Gasteiger partial charge in [0.1, 0.15) is 5.00 Å². The third-order valence-electron chi connectivity index (χ3n) is 3.59. The predicted molar refractivity (Wildman–Crippen MR) is 82.1 cm³/mol. The summed E-state index contributed by atoms with van der Waals surface area (Å²) < 4.78 is 9.48. The van der Waals surface area contributed by atoms with E-state index in [0.29, 0.717) is 16.5 Å². The molecule has 1 aromatic rings. The van der Waals surface area contributed by atoms with E-state index in [1.807, 2.05) is 0 Å². The van der Waals surface area contributed by atoms with Crippen molar-refractivity contribution in [3.8, 4) is 0 Å². The molecule has 2 rings (SSSR count). The Bertz CT molecular complexity index is 607. The van der Waals surface area contributed by atoms with E-state index in [2.05, 4.69) is 17.0 Å². The number of ether oxygens (including phenoxy) is 2. The Morgan fingerprint density at radius 3 is 2.73 bits per heavy atom. The number of hydrogen-bond donors (Lipinski definition) is 1. The molecule has 1 amide bonds. The Hall–Kier alpha value is -1.89. The fourth-order valence-corrected chi connectivity index (χ4v) is 3.90. The largest absolute Gasteiger partial charge is 0.462 e. The topological polar surface area (TPSA) is 81.7 Å². The highest BCUT2D eigenvalue weighted by atomic mass is 32.1. The molecule has 6 nitrogen and oxygen atoms in total. The van der Waals surface area contributed by atoms with Crippen LogP contribution in [0.15, 0.2) is 0 Å². The lowest BCUT2D eigenvalue weighted by Gasteiger charge is -2.18. The van der Waals surface area contributed by atoms with Crippen molar-refractivity contribution in [2.45, 2.75) is 33.1 Å². The highest BCUT2D eigenvalue weighted by Crippen LogP contribution is 2.40. The fourth-order valence-electron chi connectivity index (χ4n) is 2.50. The summed E-state index contributed by atoms with van der Waals surface area (Å²) in [7, 11) is 1.13. The number of anilines is 1. The summed E-state index contributed by atoms with van der Waals surface area (Å²) in [6.07, 6.45) is 2.62. The average molecular weight is 325 g/mol. The minimum Gasteiger partial charge on any atom is -0.462 e. The van der Waals surface area contributed by atoms with Crippen LogP contribution >= 0.6 is 11.3 Å². The summed E-state index contributed by atoms with van der Waals surface area (Å²) in [4.78, 5) is 36.3. The van der Waals surface area contributed by atoms with Gasteiger partial charge in [-0.3, -0.25) is 4.79 Å². The molecule has 0 saturated carbocycles. The third kappa shape index (κ3) is 3.30. The summed E-state index contributed by atoms with van der Waals surface area (Å²) in [6.45, 7) is 4.13.